The first-order valence-electron chi connectivity index (χ1n) is 9.66. The van der Waals surface area contributed by atoms with Crippen LogP contribution in [0.5, 0.6) is 0 Å². The number of nitrogens with zero attached hydrogens (tertiary/aromatic N) is 4. The molecule has 1 aromatic heterocycles. The third kappa shape index (κ3) is 3.64. The van der Waals surface area contributed by atoms with Gasteiger partial charge in [-0.2, -0.15) is 5.26 Å². The molecule has 2 aromatic carbocycles. The lowest BCUT2D eigenvalue weighted by Crippen LogP contribution is -2.49. The molecule has 2 heterocycles. The Morgan fingerprint density at radius 1 is 1.10 bits per heavy atom. The number of benzene rings is 2. The lowest BCUT2D eigenvalue weighted by molar-refractivity contribution is 0.0738. The number of carbonyl (C=O) groups is 1. The number of carbonyl (C=O) groups excluding carboxylic acids is 1. The van der Waals surface area contributed by atoms with Gasteiger partial charge in [-0.05, 0) is 42.8 Å². The van der Waals surface area contributed by atoms with Gasteiger partial charge in [0.25, 0.3) is 5.91 Å². The molecular weight excluding hydrogens is 403 g/mol. The van der Waals surface area contributed by atoms with Crippen molar-refractivity contribution in [2.24, 2.45) is 0 Å². The van der Waals surface area contributed by atoms with E-state index in [1.54, 1.807) is 21.7 Å². The number of amides is 1. The molecular formula is C23H20ClFN4O. The summed E-state index contributed by atoms with van der Waals surface area (Å²) < 4.78 is 15.2. The molecule has 0 atom stereocenters. The molecule has 4 rings (SSSR count). The smallest absolute Gasteiger partial charge is 0.272 e. The molecule has 0 radical (unpaired) electrons. The van der Waals surface area contributed by atoms with E-state index in [2.05, 4.69) is 30.0 Å². The summed E-state index contributed by atoms with van der Waals surface area (Å²) in [6, 6.07) is 16.1. The van der Waals surface area contributed by atoms with Gasteiger partial charge in [-0.1, -0.05) is 29.8 Å². The Bertz CT molecular complexity index is 1140. The first-order valence-corrected chi connectivity index (χ1v) is 10.0. The highest BCUT2D eigenvalue weighted by molar-refractivity contribution is 6.30. The normalized spacial score (nSPS) is 13.9. The average Bonchev–Trinajstić information content (AvgIpc) is 3.20. The third-order valence-electron chi connectivity index (χ3n) is 5.41. The fourth-order valence-electron chi connectivity index (χ4n) is 3.81. The van der Waals surface area contributed by atoms with Gasteiger partial charge in [-0.3, -0.25) is 4.79 Å². The van der Waals surface area contributed by atoms with E-state index in [1.807, 2.05) is 12.1 Å². The minimum Gasteiger partial charge on any atom is -0.368 e. The molecule has 0 spiro atoms. The molecule has 1 aliphatic rings. The second kappa shape index (κ2) is 8.21. The zero-order chi connectivity index (χ0) is 21.3. The maximum Gasteiger partial charge on any atom is 0.272 e. The number of hydrogen-bond donors (Lipinski definition) is 0. The highest BCUT2D eigenvalue weighted by atomic mass is 35.5. The molecule has 0 unspecified atom stereocenters. The summed E-state index contributed by atoms with van der Waals surface area (Å²) >= 11 is 5.92. The quantitative estimate of drug-likeness (QED) is 0.628. The van der Waals surface area contributed by atoms with Crippen LogP contribution in [0, 0.1) is 24.1 Å². The van der Waals surface area contributed by atoms with Crippen LogP contribution in [0.1, 0.15) is 21.6 Å². The molecule has 0 bridgehead atoms. The number of anilines is 1. The van der Waals surface area contributed by atoms with E-state index in [0.717, 1.165) is 0 Å². The highest BCUT2D eigenvalue weighted by Crippen LogP contribution is 2.25. The van der Waals surface area contributed by atoms with Crippen LogP contribution in [0.3, 0.4) is 0 Å². The van der Waals surface area contributed by atoms with Gasteiger partial charge in [0, 0.05) is 43.8 Å². The van der Waals surface area contributed by atoms with Crippen LogP contribution in [-0.4, -0.2) is 41.6 Å². The lowest BCUT2D eigenvalue weighted by Gasteiger charge is -2.37. The van der Waals surface area contributed by atoms with Gasteiger partial charge in [0.05, 0.1) is 10.6 Å². The van der Waals surface area contributed by atoms with Gasteiger partial charge in [-0.25, -0.2) is 4.39 Å². The van der Waals surface area contributed by atoms with Crippen LogP contribution in [-0.2, 0) is 0 Å². The number of aromatic nitrogens is 1. The van der Waals surface area contributed by atoms with Gasteiger partial charge in [-0.15, -0.1) is 0 Å². The van der Waals surface area contributed by atoms with Crippen molar-refractivity contribution in [2.45, 2.75) is 6.92 Å². The van der Waals surface area contributed by atoms with E-state index in [9.17, 15) is 14.4 Å². The topological polar surface area (TPSA) is 52.3 Å². The van der Waals surface area contributed by atoms with E-state index >= 15 is 0 Å². The largest absolute Gasteiger partial charge is 0.368 e. The molecule has 152 valence electrons. The maximum atomic E-state index is 13.6. The van der Waals surface area contributed by atoms with Crippen molar-refractivity contribution in [1.29, 1.82) is 5.26 Å². The predicted octanol–water partition coefficient (Wildman–Crippen LogP) is 4.41. The van der Waals surface area contributed by atoms with E-state index < -0.39 is 5.82 Å². The van der Waals surface area contributed by atoms with Crippen molar-refractivity contribution in [1.82, 2.24) is 9.47 Å². The minimum atomic E-state index is -0.534. The van der Waals surface area contributed by atoms with E-state index in [1.165, 1.54) is 29.4 Å². The van der Waals surface area contributed by atoms with E-state index in [4.69, 9.17) is 11.6 Å². The monoisotopic (exact) mass is 422 g/mol. The van der Waals surface area contributed by atoms with Crippen molar-refractivity contribution in [3.63, 3.8) is 0 Å². The minimum absolute atomic E-state index is 0.0371. The number of aryl methyl sites for hydroxylation is 1. The Morgan fingerprint density at radius 2 is 1.83 bits per heavy atom. The van der Waals surface area contributed by atoms with Gasteiger partial charge < -0.3 is 14.4 Å². The summed E-state index contributed by atoms with van der Waals surface area (Å²) in [5, 5.41) is 9.48. The summed E-state index contributed by atoms with van der Waals surface area (Å²) in [4.78, 5) is 17.3. The zero-order valence-corrected chi connectivity index (χ0v) is 17.2. The Balaban J connectivity index is 1.58. The Labute approximate surface area is 179 Å². The standard InChI is InChI=1S/C23H20ClFN4O/c1-16-4-2-3-5-21(16)27-10-12-28(13-11-27)23(30)22-17(15-26)8-9-29(22)18-6-7-20(25)19(24)14-18/h2-9,14H,10-13H2,1H3. The van der Waals surface area contributed by atoms with Crippen LogP contribution < -0.4 is 4.90 Å². The molecule has 1 fully saturated rings. The van der Waals surface area contributed by atoms with E-state index in [0.29, 0.717) is 31.9 Å². The van der Waals surface area contributed by atoms with Crippen LogP contribution in [0.2, 0.25) is 5.02 Å². The van der Waals surface area contributed by atoms with E-state index in [-0.39, 0.29) is 22.2 Å². The number of nitriles is 1. The maximum absolute atomic E-state index is 13.6. The summed E-state index contributed by atoms with van der Waals surface area (Å²) in [6.07, 6.45) is 1.64. The Morgan fingerprint density at radius 3 is 2.50 bits per heavy atom. The van der Waals surface area contributed by atoms with Crippen molar-refractivity contribution in [3.05, 3.63) is 82.4 Å². The van der Waals surface area contributed by atoms with Crippen LogP contribution in [0.15, 0.2) is 54.7 Å². The molecule has 3 aromatic rings. The molecule has 0 N–H and O–H groups in total. The van der Waals surface area contributed by atoms with Gasteiger partial charge in [0.15, 0.2) is 0 Å². The van der Waals surface area contributed by atoms with Gasteiger partial charge in [0.2, 0.25) is 0 Å². The number of rotatable bonds is 3. The third-order valence-corrected chi connectivity index (χ3v) is 5.70. The molecule has 0 saturated carbocycles. The zero-order valence-electron chi connectivity index (χ0n) is 16.5. The van der Waals surface area contributed by atoms with Crippen LogP contribution in [0.4, 0.5) is 10.1 Å². The van der Waals surface area contributed by atoms with Crippen molar-refractivity contribution in [3.8, 4) is 11.8 Å². The predicted molar refractivity (Wildman–Crippen MR) is 115 cm³/mol. The lowest BCUT2D eigenvalue weighted by atomic mass is 10.1. The summed E-state index contributed by atoms with van der Waals surface area (Å²) in [5.74, 6) is -0.755. The van der Waals surface area contributed by atoms with Crippen LogP contribution in [0.25, 0.3) is 5.69 Å². The molecule has 1 aliphatic heterocycles. The first kappa shape index (κ1) is 20.0. The van der Waals surface area contributed by atoms with Crippen molar-refractivity contribution in [2.75, 3.05) is 31.1 Å². The molecule has 1 saturated heterocycles. The molecule has 30 heavy (non-hydrogen) atoms. The average molecular weight is 423 g/mol. The van der Waals surface area contributed by atoms with Crippen molar-refractivity contribution >= 4 is 23.2 Å². The van der Waals surface area contributed by atoms with Crippen molar-refractivity contribution < 1.29 is 9.18 Å². The fraction of sp³-hybridized carbons (Fsp3) is 0.217. The number of para-hydroxylation sites is 1. The molecule has 7 heteroatoms. The fourth-order valence-corrected chi connectivity index (χ4v) is 3.98. The Hall–Kier alpha value is -3.30. The summed E-state index contributed by atoms with van der Waals surface area (Å²) in [6.45, 7) is 4.59. The van der Waals surface area contributed by atoms with Gasteiger partial charge >= 0.3 is 0 Å². The van der Waals surface area contributed by atoms with Gasteiger partial charge in [0.1, 0.15) is 17.6 Å². The summed E-state index contributed by atoms with van der Waals surface area (Å²) in [5.41, 5.74) is 3.45. The Kier molecular flexibility index (Phi) is 5.47. The van der Waals surface area contributed by atoms with Crippen LogP contribution >= 0.6 is 11.6 Å². The first-order chi connectivity index (χ1) is 14.5. The molecule has 1 amide bonds. The second-order valence-corrected chi connectivity index (χ2v) is 7.63. The number of halogens is 2. The number of hydrogen-bond acceptors (Lipinski definition) is 3. The SMILES string of the molecule is Cc1ccccc1N1CCN(C(=O)c2c(C#N)ccn2-c2ccc(F)c(Cl)c2)CC1. The highest BCUT2D eigenvalue weighted by Gasteiger charge is 2.27. The number of piperazine rings is 1. The summed E-state index contributed by atoms with van der Waals surface area (Å²) in [7, 11) is 0. The molecule has 5 nitrogen and oxygen atoms in total. The molecule has 0 aliphatic carbocycles. The second-order valence-electron chi connectivity index (χ2n) is 7.22.